The van der Waals surface area contributed by atoms with E-state index in [4.69, 9.17) is 15.6 Å². The van der Waals surface area contributed by atoms with E-state index in [9.17, 15) is 4.79 Å². The standard InChI is InChI=1S/C23H25N7O2/c1-14-10-17(11-15(2)26-14)19-20(16-6-4-3-5-7-16)27-22(24)30-21(19)28-29(23(30)31)13-18-12-25-8-9-32-18/h3-7,10-11,18,25H,8-9,12-13H2,1-2H3,(H2,24,27)/t18-/m1/s1. The third-order valence-corrected chi connectivity index (χ3v) is 5.55. The molecular formula is C23H25N7O2. The highest BCUT2D eigenvalue weighted by atomic mass is 16.5. The van der Waals surface area contributed by atoms with Crippen LogP contribution < -0.4 is 16.7 Å². The summed E-state index contributed by atoms with van der Waals surface area (Å²) < 4.78 is 8.57. The molecule has 32 heavy (non-hydrogen) atoms. The van der Waals surface area contributed by atoms with Crippen molar-refractivity contribution in [2.75, 3.05) is 25.4 Å². The number of rotatable bonds is 4. The number of nitrogen functional groups attached to an aromatic ring is 1. The van der Waals surface area contributed by atoms with Gasteiger partial charge in [0.15, 0.2) is 5.65 Å². The van der Waals surface area contributed by atoms with Crippen LogP contribution in [0.3, 0.4) is 0 Å². The third-order valence-electron chi connectivity index (χ3n) is 5.55. The second-order valence-electron chi connectivity index (χ2n) is 8.02. The molecule has 1 aliphatic heterocycles. The summed E-state index contributed by atoms with van der Waals surface area (Å²) in [5.41, 5.74) is 11.4. The number of nitrogens with one attached hydrogen (secondary N) is 1. The number of fused-ring (bicyclic) bond motifs is 1. The minimum absolute atomic E-state index is 0.101. The number of hydrogen-bond acceptors (Lipinski definition) is 7. The van der Waals surface area contributed by atoms with Crippen molar-refractivity contribution in [1.29, 1.82) is 0 Å². The van der Waals surface area contributed by atoms with Gasteiger partial charge in [-0.15, -0.1) is 5.10 Å². The normalized spacial score (nSPS) is 16.5. The second kappa shape index (κ2) is 8.18. The topological polar surface area (TPSA) is 112 Å². The molecule has 0 aliphatic carbocycles. The number of aryl methyl sites for hydroxylation is 2. The molecular weight excluding hydrogens is 406 g/mol. The fraction of sp³-hybridized carbons (Fsp3) is 0.304. The first kappa shape index (κ1) is 20.3. The molecule has 5 rings (SSSR count). The van der Waals surface area contributed by atoms with Crippen molar-refractivity contribution in [3.8, 4) is 22.4 Å². The van der Waals surface area contributed by atoms with E-state index < -0.39 is 0 Å². The first-order valence-electron chi connectivity index (χ1n) is 10.6. The van der Waals surface area contributed by atoms with Crippen molar-refractivity contribution in [3.05, 3.63) is 64.3 Å². The van der Waals surface area contributed by atoms with E-state index in [1.165, 1.54) is 9.08 Å². The summed E-state index contributed by atoms with van der Waals surface area (Å²) in [5.74, 6) is 0.101. The maximum absolute atomic E-state index is 13.2. The predicted octanol–water partition coefficient (Wildman–Crippen LogP) is 1.81. The van der Waals surface area contributed by atoms with E-state index in [0.717, 1.165) is 34.6 Å². The predicted molar refractivity (Wildman–Crippen MR) is 122 cm³/mol. The van der Waals surface area contributed by atoms with Gasteiger partial charge in [-0.1, -0.05) is 30.3 Å². The molecule has 9 heteroatoms. The Kier molecular flexibility index (Phi) is 5.20. The van der Waals surface area contributed by atoms with Gasteiger partial charge in [0, 0.05) is 30.0 Å². The third kappa shape index (κ3) is 3.65. The molecule has 0 radical (unpaired) electrons. The maximum atomic E-state index is 13.2. The largest absolute Gasteiger partial charge is 0.374 e. The Labute approximate surface area is 184 Å². The molecule has 164 valence electrons. The molecule has 9 nitrogen and oxygen atoms in total. The van der Waals surface area contributed by atoms with Gasteiger partial charge in [-0.05, 0) is 31.5 Å². The van der Waals surface area contributed by atoms with Gasteiger partial charge in [-0.3, -0.25) is 4.98 Å². The van der Waals surface area contributed by atoms with Crippen LogP contribution >= 0.6 is 0 Å². The average Bonchev–Trinajstić information content (AvgIpc) is 3.10. The number of nitrogens with zero attached hydrogens (tertiary/aromatic N) is 5. The molecule has 4 heterocycles. The lowest BCUT2D eigenvalue weighted by Crippen LogP contribution is -2.42. The van der Waals surface area contributed by atoms with Crippen molar-refractivity contribution in [2.24, 2.45) is 0 Å². The van der Waals surface area contributed by atoms with Crippen molar-refractivity contribution < 1.29 is 4.74 Å². The molecule has 1 fully saturated rings. The van der Waals surface area contributed by atoms with Crippen LogP contribution in [0, 0.1) is 13.8 Å². The molecule has 0 unspecified atom stereocenters. The van der Waals surface area contributed by atoms with Crippen LogP contribution in [-0.2, 0) is 11.3 Å². The van der Waals surface area contributed by atoms with Gasteiger partial charge in [-0.2, -0.15) is 0 Å². The van der Waals surface area contributed by atoms with E-state index in [0.29, 0.717) is 31.0 Å². The van der Waals surface area contributed by atoms with E-state index in [1.54, 1.807) is 0 Å². The summed E-state index contributed by atoms with van der Waals surface area (Å²) in [5, 5.41) is 7.99. The number of hydrogen-bond donors (Lipinski definition) is 2. The summed E-state index contributed by atoms with van der Waals surface area (Å²) in [6.45, 7) is 6.30. The molecule has 1 saturated heterocycles. The lowest BCUT2D eigenvalue weighted by atomic mass is 9.99. The van der Waals surface area contributed by atoms with Crippen LogP contribution in [0.4, 0.5) is 5.95 Å². The van der Waals surface area contributed by atoms with Crippen molar-refractivity contribution >= 4 is 11.6 Å². The Morgan fingerprint density at radius 3 is 2.56 bits per heavy atom. The Balaban J connectivity index is 1.77. The molecule has 0 amide bonds. The minimum atomic E-state index is -0.331. The first-order valence-corrected chi connectivity index (χ1v) is 10.6. The number of pyridine rings is 1. The highest BCUT2D eigenvalue weighted by Gasteiger charge is 2.23. The monoisotopic (exact) mass is 431 g/mol. The summed E-state index contributed by atoms with van der Waals surface area (Å²) in [6, 6.07) is 13.7. The Morgan fingerprint density at radius 1 is 1.12 bits per heavy atom. The summed E-state index contributed by atoms with van der Waals surface area (Å²) in [6.07, 6.45) is -0.136. The highest BCUT2D eigenvalue weighted by molar-refractivity contribution is 5.90. The summed E-state index contributed by atoms with van der Waals surface area (Å²) >= 11 is 0. The molecule has 3 aromatic heterocycles. The molecule has 4 aromatic rings. The second-order valence-corrected chi connectivity index (χ2v) is 8.02. The van der Waals surface area contributed by atoms with E-state index in [-0.39, 0.29) is 17.7 Å². The molecule has 1 atom stereocenters. The van der Waals surface area contributed by atoms with E-state index >= 15 is 0 Å². The number of aromatic nitrogens is 5. The van der Waals surface area contributed by atoms with E-state index in [2.05, 4.69) is 15.3 Å². The van der Waals surface area contributed by atoms with Crippen LogP contribution in [-0.4, -0.2) is 49.9 Å². The van der Waals surface area contributed by atoms with Gasteiger partial charge in [0.2, 0.25) is 5.95 Å². The molecule has 1 aliphatic rings. The van der Waals surface area contributed by atoms with Gasteiger partial charge in [0.05, 0.1) is 30.5 Å². The molecule has 1 aromatic carbocycles. The van der Waals surface area contributed by atoms with E-state index in [1.807, 2.05) is 56.3 Å². The zero-order valence-corrected chi connectivity index (χ0v) is 18.1. The molecule has 0 bridgehead atoms. The molecule has 0 saturated carbocycles. The van der Waals surface area contributed by atoms with Gasteiger partial charge in [-0.25, -0.2) is 18.9 Å². The Morgan fingerprint density at radius 2 is 1.88 bits per heavy atom. The smallest absolute Gasteiger partial charge is 0.353 e. The fourth-order valence-electron chi connectivity index (χ4n) is 4.20. The highest BCUT2D eigenvalue weighted by Crippen LogP contribution is 2.34. The van der Waals surface area contributed by atoms with Crippen molar-refractivity contribution in [3.63, 3.8) is 0 Å². The quantitative estimate of drug-likeness (QED) is 0.507. The maximum Gasteiger partial charge on any atom is 0.353 e. The van der Waals surface area contributed by atoms with Gasteiger partial charge < -0.3 is 15.8 Å². The number of ether oxygens (including phenoxy) is 1. The average molecular weight is 432 g/mol. The SMILES string of the molecule is Cc1cc(-c2c(-c3ccccc3)nc(N)n3c(=O)n(C[C@H]4CNCCO4)nc23)cc(C)n1. The van der Waals surface area contributed by atoms with Crippen molar-refractivity contribution in [2.45, 2.75) is 26.5 Å². The first-order chi connectivity index (χ1) is 15.5. The van der Waals surface area contributed by atoms with Crippen LogP contribution in [0.25, 0.3) is 28.0 Å². The van der Waals surface area contributed by atoms with Gasteiger partial charge in [0.1, 0.15) is 0 Å². The Hall–Kier alpha value is -3.56. The number of anilines is 1. The van der Waals surface area contributed by atoms with Crippen LogP contribution in [0.2, 0.25) is 0 Å². The van der Waals surface area contributed by atoms with Crippen LogP contribution in [0.1, 0.15) is 11.4 Å². The zero-order valence-electron chi connectivity index (χ0n) is 18.1. The minimum Gasteiger partial charge on any atom is -0.374 e. The number of nitrogens with two attached hydrogens (primary N) is 1. The lowest BCUT2D eigenvalue weighted by molar-refractivity contribution is 0.0155. The summed E-state index contributed by atoms with van der Waals surface area (Å²) in [7, 11) is 0. The molecule has 3 N–H and O–H groups in total. The number of benzene rings is 1. The summed E-state index contributed by atoms with van der Waals surface area (Å²) in [4.78, 5) is 22.4. The van der Waals surface area contributed by atoms with Gasteiger partial charge >= 0.3 is 5.69 Å². The zero-order chi connectivity index (χ0) is 22.2. The fourth-order valence-corrected chi connectivity index (χ4v) is 4.20. The molecule has 0 spiro atoms. The number of morpholine rings is 1. The van der Waals surface area contributed by atoms with Crippen LogP contribution in [0.5, 0.6) is 0 Å². The van der Waals surface area contributed by atoms with Crippen LogP contribution in [0.15, 0.2) is 47.3 Å². The lowest BCUT2D eigenvalue weighted by Gasteiger charge is -2.22. The van der Waals surface area contributed by atoms with Gasteiger partial charge in [0.25, 0.3) is 0 Å². The van der Waals surface area contributed by atoms with Crippen molar-refractivity contribution in [1.82, 2.24) is 29.5 Å². The Bertz CT molecular complexity index is 1320.